The summed E-state index contributed by atoms with van der Waals surface area (Å²) in [6, 6.07) is 7.08. The summed E-state index contributed by atoms with van der Waals surface area (Å²) in [5.41, 5.74) is 0.655. The standard InChI is InChI=1S/C14H18O4/c1-16-12-4-2-11(3-5-12)14(15)10-18-13-6-8-17-9-7-13/h2-5,13H,6-10H2,1H3. The van der Waals surface area contributed by atoms with E-state index in [-0.39, 0.29) is 18.5 Å². The van der Waals surface area contributed by atoms with Crippen LogP contribution in [0.15, 0.2) is 24.3 Å². The number of rotatable bonds is 5. The van der Waals surface area contributed by atoms with Crippen molar-refractivity contribution in [2.75, 3.05) is 26.9 Å². The zero-order valence-corrected chi connectivity index (χ0v) is 10.6. The van der Waals surface area contributed by atoms with Gasteiger partial charge in [-0.25, -0.2) is 0 Å². The lowest BCUT2D eigenvalue weighted by Crippen LogP contribution is -2.25. The molecule has 4 nitrogen and oxygen atoms in total. The van der Waals surface area contributed by atoms with Crippen LogP contribution < -0.4 is 4.74 Å². The first kappa shape index (κ1) is 13.1. The van der Waals surface area contributed by atoms with Gasteiger partial charge in [-0.1, -0.05) is 0 Å². The quantitative estimate of drug-likeness (QED) is 0.750. The number of benzene rings is 1. The van der Waals surface area contributed by atoms with E-state index in [1.165, 1.54) is 0 Å². The van der Waals surface area contributed by atoms with Crippen LogP contribution in [0.2, 0.25) is 0 Å². The van der Waals surface area contributed by atoms with Crippen LogP contribution in [0.1, 0.15) is 23.2 Å². The first-order valence-corrected chi connectivity index (χ1v) is 6.16. The van der Waals surface area contributed by atoms with Crippen LogP contribution in [0.25, 0.3) is 0 Å². The highest BCUT2D eigenvalue weighted by atomic mass is 16.5. The Morgan fingerprint density at radius 1 is 1.28 bits per heavy atom. The first-order valence-electron chi connectivity index (χ1n) is 6.16. The fraction of sp³-hybridized carbons (Fsp3) is 0.500. The minimum atomic E-state index is 0.00384. The summed E-state index contributed by atoms with van der Waals surface area (Å²) < 4.78 is 15.9. The fourth-order valence-corrected chi connectivity index (χ4v) is 1.90. The molecule has 0 N–H and O–H groups in total. The van der Waals surface area contributed by atoms with Crippen molar-refractivity contribution in [3.8, 4) is 5.75 Å². The molecule has 18 heavy (non-hydrogen) atoms. The lowest BCUT2D eigenvalue weighted by atomic mass is 10.1. The van der Waals surface area contributed by atoms with Crippen LogP contribution >= 0.6 is 0 Å². The number of ketones is 1. The Balaban J connectivity index is 1.82. The number of hydrogen-bond donors (Lipinski definition) is 0. The summed E-state index contributed by atoms with van der Waals surface area (Å²) in [5, 5.41) is 0. The molecule has 1 aromatic carbocycles. The minimum Gasteiger partial charge on any atom is -0.497 e. The molecule has 0 unspecified atom stereocenters. The van der Waals surface area contributed by atoms with Crippen LogP contribution in [0.3, 0.4) is 0 Å². The van der Waals surface area contributed by atoms with Crippen molar-refractivity contribution in [1.29, 1.82) is 0 Å². The maximum absolute atomic E-state index is 11.9. The summed E-state index contributed by atoms with van der Waals surface area (Å²) in [7, 11) is 1.60. The van der Waals surface area contributed by atoms with Crippen molar-refractivity contribution in [3.05, 3.63) is 29.8 Å². The van der Waals surface area contributed by atoms with E-state index in [2.05, 4.69) is 0 Å². The van der Waals surface area contributed by atoms with E-state index in [1.807, 2.05) is 0 Å². The highest BCUT2D eigenvalue weighted by molar-refractivity contribution is 5.97. The minimum absolute atomic E-state index is 0.00384. The first-order chi connectivity index (χ1) is 8.79. The van der Waals surface area contributed by atoms with Crippen LogP contribution in [0, 0.1) is 0 Å². The summed E-state index contributed by atoms with van der Waals surface area (Å²) in [4.78, 5) is 11.9. The van der Waals surface area contributed by atoms with Crippen LogP contribution in [-0.2, 0) is 9.47 Å². The summed E-state index contributed by atoms with van der Waals surface area (Å²) in [6.45, 7) is 1.58. The normalized spacial score (nSPS) is 16.5. The number of carbonyl (C=O) groups excluding carboxylic acids is 1. The number of Topliss-reactive ketones (excluding diaryl/α,β-unsaturated/α-hetero) is 1. The van der Waals surface area contributed by atoms with E-state index in [1.54, 1.807) is 31.4 Å². The van der Waals surface area contributed by atoms with Crippen molar-refractivity contribution in [2.45, 2.75) is 18.9 Å². The Hall–Kier alpha value is -1.39. The third-order valence-electron chi connectivity index (χ3n) is 3.03. The van der Waals surface area contributed by atoms with E-state index < -0.39 is 0 Å². The van der Waals surface area contributed by atoms with Crippen molar-refractivity contribution < 1.29 is 19.0 Å². The maximum atomic E-state index is 11.9. The second-order valence-corrected chi connectivity index (χ2v) is 4.27. The molecule has 0 amide bonds. The van der Waals surface area contributed by atoms with Gasteiger partial charge >= 0.3 is 0 Å². The Labute approximate surface area is 107 Å². The SMILES string of the molecule is COc1ccc(C(=O)COC2CCOCC2)cc1. The molecule has 0 spiro atoms. The molecule has 2 rings (SSSR count). The molecule has 1 fully saturated rings. The number of hydrogen-bond acceptors (Lipinski definition) is 4. The van der Waals surface area contributed by atoms with Gasteiger partial charge < -0.3 is 14.2 Å². The topological polar surface area (TPSA) is 44.8 Å². The van der Waals surface area contributed by atoms with Gasteiger partial charge in [0.15, 0.2) is 5.78 Å². The van der Waals surface area contributed by atoms with Gasteiger partial charge in [-0.05, 0) is 37.1 Å². The molecule has 0 aliphatic carbocycles. The number of ether oxygens (including phenoxy) is 3. The summed E-state index contributed by atoms with van der Waals surface area (Å²) in [5.74, 6) is 0.751. The molecule has 4 heteroatoms. The smallest absolute Gasteiger partial charge is 0.188 e. The van der Waals surface area contributed by atoms with Gasteiger partial charge in [-0.15, -0.1) is 0 Å². The molecule has 98 valence electrons. The molecule has 0 bridgehead atoms. The van der Waals surface area contributed by atoms with Crippen LogP contribution in [0.5, 0.6) is 5.75 Å². The van der Waals surface area contributed by atoms with Crippen LogP contribution in [-0.4, -0.2) is 38.8 Å². The van der Waals surface area contributed by atoms with Gasteiger partial charge in [0.25, 0.3) is 0 Å². The van der Waals surface area contributed by atoms with E-state index >= 15 is 0 Å². The zero-order valence-electron chi connectivity index (χ0n) is 10.6. The van der Waals surface area contributed by atoms with E-state index in [9.17, 15) is 4.79 Å². The molecular weight excluding hydrogens is 232 g/mol. The molecule has 1 aromatic rings. The average molecular weight is 250 g/mol. The lowest BCUT2D eigenvalue weighted by Gasteiger charge is -2.21. The lowest BCUT2D eigenvalue weighted by molar-refractivity contribution is -0.0262. The van der Waals surface area contributed by atoms with Gasteiger partial charge in [0, 0.05) is 18.8 Å². The zero-order chi connectivity index (χ0) is 12.8. The van der Waals surface area contributed by atoms with Crippen molar-refractivity contribution in [3.63, 3.8) is 0 Å². The monoisotopic (exact) mass is 250 g/mol. The second kappa shape index (κ2) is 6.52. The molecule has 0 saturated carbocycles. The van der Waals surface area contributed by atoms with Crippen LogP contribution in [0.4, 0.5) is 0 Å². The van der Waals surface area contributed by atoms with Gasteiger partial charge in [-0.3, -0.25) is 4.79 Å². The predicted molar refractivity (Wildman–Crippen MR) is 67.1 cm³/mol. The molecular formula is C14H18O4. The van der Waals surface area contributed by atoms with Crippen molar-refractivity contribution in [2.24, 2.45) is 0 Å². The Morgan fingerprint density at radius 3 is 2.56 bits per heavy atom. The van der Waals surface area contributed by atoms with E-state index in [4.69, 9.17) is 14.2 Å². The Morgan fingerprint density at radius 2 is 1.94 bits per heavy atom. The van der Waals surface area contributed by atoms with Crippen molar-refractivity contribution in [1.82, 2.24) is 0 Å². The molecule has 1 aliphatic rings. The summed E-state index contributed by atoms with van der Waals surface area (Å²) in [6.07, 6.45) is 1.90. The largest absolute Gasteiger partial charge is 0.497 e. The van der Waals surface area contributed by atoms with Gasteiger partial charge in [0.05, 0.1) is 13.2 Å². The molecule has 0 aromatic heterocycles. The maximum Gasteiger partial charge on any atom is 0.188 e. The van der Waals surface area contributed by atoms with Gasteiger partial charge in [0.1, 0.15) is 12.4 Å². The van der Waals surface area contributed by atoms with E-state index in [0.717, 1.165) is 31.8 Å². The number of methoxy groups -OCH3 is 1. The third kappa shape index (κ3) is 3.55. The highest BCUT2D eigenvalue weighted by Crippen LogP contribution is 2.14. The molecule has 1 aliphatic heterocycles. The molecule has 0 radical (unpaired) electrons. The second-order valence-electron chi connectivity index (χ2n) is 4.27. The van der Waals surface area contributed by atoms with Crippen molar-refractivity contribution >= 4 is 5.78 Å². The Bertz CT molecular complexity index is 379. The predicted octanol–water partition coefficient (Wildman–Crippen LogP) is 2.07. The molecule has 1 heterocycles. The highest BCUT2D eigenvalue weighted by Gasteiger charge is 2.16. The average Bonchev–Trinajstić information content (AvgIpc) is 2.46. The molecule has 0 atom stereocenters. The third-order valence-corrected chi connectivity index (χ3v) is 3.03. The summed E-state index contributed by atoms with van der Waals surface area (Å²) >= 11 is 0. The van der Waals surface area contributed by atoms with Gasteiger partial charge in [-0.2, -0.15) is 0 Å². The Kier molecular flexibility index (Phi) is 4.73. The van der Waals surface area contributed by atoms with Gasteiger partial charge in [0.2, 0.25) is 0 Å². The van der Waals surface area contributed by atoms with E-state index in [0.29, 0.717) is 5.56 Å². The fourth-order valence-electron chi connectivity index (χ4n) is 1.90. The molecule has 1 saturated heterocycles. The number of carbonyl (C=O) groups is 1.